The molecule has 0 unspecified atom stereocenters. The average molecular weight is 211 g/mol. The fourth-order valence-corrected chi connectivity index (χ4v) is 2.39. The van der Waals surface area contributed by atoms with Gasteiger partial charge in [0.05, 0.1) is 0 Å². The van der Waals surface area contributed by atoms with Crippen LogP contribution in [-0.2, 0) is 0 Å². The molecule has 0 atom stereocenters. The minimum atomic E-state index is -0.174. The Morgan fingerprint density at radius 3 is 2.50 bits per heavy atom. The van der Waals surface area contributed by atoms with Crippen molar-refractivity contribution in [1.29, 1.82) is 0 Å². The highest BCUT2D eigenvalue weighted by Gasteiger charge is 2.37. The summed E-state index contributed by atoms with van der Waals surface area (Å²) in [6, 6.07) is 6.63. The first-order chi connectivity index (χ1) is 6.68. The number of halogens is 1. The van der Waals surface area contributed by atoms with Crippen molar-refractivity contribution < 1.29 is 4.39 Å². The number of thioether (sulfide) groups is 1. The normalized spacial score (nSPS) is 18.1. The summed E-state index contributed by atoms with van der Waals surface area (Å²) in [6.45, 7) is 0. The van der Waals surface area contributed by atoms with Crippen LogP contribution in [0.3, 0.4) is 0 Å². The average Bonchev–Trinajstić information content (AvgIpc) is 2.88. The minimum absolute atomic E-state index is 0.132. The molecule has 1 nitrogen and oxygen atoms in total. The molecule has 0 aliphatic heterocycles. The molecule has 3 heteroatoms. The van der Waals surface area contributed by atoms with E-state index < -0.39 is 0 Å². The van der Waals surface area contributed by atoms with Gasteiger partial charge in [-0.2, -0.15) is 0 Å². The Labute approximate surface area is 87.9 Å². The smallest absolute Gasteiger partial charge is 0.123 e. The predicted octanol–water partition coefficient (Wildman–Crippen LogP) is 2.80. The van der Waals surface area contributed by atoms with Gasteiger partial charge in [-0.3, -0.25) is 0 Å². The lowest BCUT2D eigenvalue weighted by Gasteiger charge is -2.07. The summed E-state index contributed by atoms with van der Waals surface area (Å²) in [7, 11) is 0. The van der Waals surface area contributed by atoms with E-state index in [1.807, 2.05) is 12.1 Å². The van der Waals surface area contributed by atoms with Crippen LogP contribution in [0.4, 0.5) is 4.39 Å². The van der Waals surface area contributed by atoms with Crippen LogP contribution in [0.2, 0.25) is 0 Å². The molecule has 2 N–H and O–H groups in total. The van der Waals surface area contributed by atoms with E-state index >= 15 is 0 Å². The molecule has 0 amide bonds. The molecular weight excluding hydrogens is 197 g/mol. The van der Waals surface area contributed by atoms with Gasteiger partial charge in [0.25, 0.3) is 0 Å². The molecule has 1 saturated carbocycles. The number of hydrogen-bond donors (Lipinski definition) is 1. The topological polar surface area (TPSA) is 26.0 Å². The van der Waals surface area contributed by atoms with E-state index in [1.165, 1.54) is 12.1 Å². The van der Waals surface area contributed by atoms with Crippen LogP contribution in [0, 0.1) is 5.82 Å². The Hall–Kier alpha value is -0.540. The van der Waals surface area contributed by atoms with Gasteiger partial charge < -0.3 is 5.73 Å². The van der Waals surface area contributed by atoms with E-state index in [0.29, 0.717) is 0 Å². The molecule has 0 radical (unpaired) electrons. The van der Waals surface area contributed by atoms with E-state index in [-0.39, 0.29) is 11.4 Å². The van der Waals surface area contributed by atoms with Crippen molar-refractivity contribution in [3.8, 4) is 0 Å². The maximum atomic E-state index is 12.6. The Bertz CT molecular complexity index is 306. The van der Waals surface area contributed by atoms with Gasteiger partial charge >= 0.3 is 0 Å². The van der Waals surface area contributed by atoms with Gasteiger partial charge in [0.1, 0.15) is 5.82 Å². The summed E-state index contributed by atoms with van der Waals surface area (Å²) in [5.41, 5.74) is 6.09. The van der Waals surface area contributed by atoms with Gasteiger partial charge in [-0.25, -0.2) is 4.39 Å². The fourth-order valence-electron chi connectivity index (χ4n) is 1.31. The van der Waals surface area contributed by atoms with Gasteiger partial charge in [0.2, 0.25) is 0 Å². The summed E-state index contributed by atoms with van der Waals surface area (Å²) in [6.07, 6.45) is 3.39. The molecule has 0 aromatic heterocycles. The lowest BCUT2D eigenvalue weighted by atomic mass is 10.2. The van der Waals surface area contributed by atoms with Gasteiger partial charge in [-0.05, 0) is 49.3 Å². The number of nitrogens with two attached hydrogens (primary N) is 1. The van der Waals surface area contributed by atoms with Crippen LogP contribution in [0.15, 0.2) is 29.2 Å². The standard InChI is InChI=1S/C11H14FNS/c12-9-1-3-10(4-2-9)14-8-7-11(13)5-6-11/h1-4H,5-8,13H2. The lowest BCUT2D eigenvalue weighted by molar-refractivity contribution is 0.626. The molecule has 76 valence electrons. The zero-order valence-electron chi connectivity index (χ0n) is 8.00. The second-order valence-corrected chi connectivity index (χ2v) is 5.08. The van der Waals surface area contributed by atoms with Crippen molar-refractivity contribution in [1.82, 2.24) is 0 Å². The third-order valence-electron chi connectivity index (χ3n) is 2.57. The monoisotopic (exact) mass is 211 g/mol. The maximum Gasteiger partial charge on any atom is 0.123 e. The number of rotatable bonds is 4. The van der Waals surface area contributed by atoms with Crippen LogP contribution < -0.4 is 5.73 Å². The van der Waals surface area contributed by atoms with Crippen LogP contribution >= 0.6 is 11.8 Å². The molecule has 0 saturated heterocycles. The van der Waals surface area contributed by atoms with E-state index in [0.717, 1.165) is 29.9 Å². The Morgan fingerprint density at radius 2 is 1.93 bits per heavy atom. The highest BCUT2D eigenvalue weighted by molar-refractivity contribution is 7.99. The number of benzene rings is 1. The lowest BCUT2D eigenvalue weighted by Crippen LogP contribution is -2.21. The van der Waals surface area contributed by atoms with Gasteiger partial charge in [0.15, 0.2) is 0 Å². The summed E-state index contributed by atoms with van der Waals surface area (Å²) in [5.74, 6) is 0.856. The highest BCUT2D eigenvalue weighted by atomic mass is 32.2. The summed E-state index contributed by atoms with van der Waals surface area (Å²) < 4.78 is 12.6. The maximum absolute atomic E-state index is 12.6. The molecule has 1 aromatic rings. The molecule has 1 aliphatic carbocycles. The third-order valence-corrected chi connectivity index (χ3v) is 3.59. The van der Waals surface area contributed by atoms with E-state index in [2.05, 4.69) is 0 Å². The van der Waals surface area contributed by atoms with Crippen molar-refractivity contribution in [2.24, 2.45) is 5.73 Å². The quantitative estimate of drug-likeness (QED) is 0.775. The molecule has 2 rings (SSSR count). The van der Waals surface area contributed by atoms with Crippen molar-refractivity contribution in [2.75, 3.05) is 5.75 Å². The second kappa shape index (κ2) is 3.91. The highest BCUT2D eigenvalue weighted by Crippen LogP contribution is 2.37. The third kappa shape index (κ3) is 2.72. The number of hydrogen-bond acceptors (Lipinski definition) is 2. The molecule has 1 aliphatic rings. The van der Waals surface area contributed by atoms with Gasteiger partial charge in [-0.15, -0.1) is 11.8 Å². The predicted molar refractivity (Wildman–Crippen MR) is 57.9 cm³/mol. The minimum Gasteiger partial charge on any atom is -0.325 e. The summed E-state index contributed by atoms with van der Waals surface area (Å²) in [5, 5.41) is 0. The zero-order valence-corrected chi connectivity index (χ0v) is 8.82. The first kappa shape index (κ1) is 9.99. The molecule has 1 fully saturated rings. The molecule has 0 heterocycles. The molecule has 0 spiro atoms. The van der Waals surface area contributed by atoms with Crippen molar-refractivity contribution in [3.05, 3.63) is 30.1 Å². The molecule has 14 heavy (non-hydrogen) atoms. The first-order valence-corrected chi connectivity index (χ1v) is 5.84. The van der Waals surface area contributed by atoms with Crippen LogP contribution in [0.5, 0.6) is 0 Å². The first-order valence-electron chi connectivity index (χ1n) is 4.85. The van der Waals surface area contributed by atoms with Gasteiger partial charge in [-0.1, -0.05) is 0 Å². The Balaban J connectivity index is 1.77. The Morgan fingerprint density at radius 1 is 1.29 bits per heavy atom. The zero-order chi connectivity index (χ0) is 10.0. The summed E-state index contributed by atoms with van der Waals surface area (Å²) >= 11 is 1.75. The largest absolute Gasteiger partial charge is 0.325 e. The van der Waals surface area contributed by atoms with Crippen molar-refractivity contribution in [3.63, 3.8) is 0 Å². The van der Waals surface area contributed by atoms with Crippen molar-refractivity contribution in [2.45, 2.75) is 29.7 Å². The molecule has 0 bridgehead atoms. The van der Waals surface area contributed by atoms with E-state index in [9.17, 15) is 4.39 Å². The van der Waals surface area contributed by atoms with Crippen LogP contribution in [-0.4, -0.2) is 11.3 Å². The summed E-state index contributed by atoms with van der Waals surface area (Å²) in [4.78, 5) is 1.12. The van der Waals surface area contributed by atoms with E-state index in [4.69, 9.17) is 5.73 Å². The fraction of sp³-hybridized carbons (Fsp3) is 0.455. The molecule has 1 aromatic carbocycles. The second-order valence-electron chi connectivity index (χ2n) is 3.91. The van der Waals surface area contributed by atoms with E-state index in [1.54, 1.807) is 11.8 Å². The van der Waals surface area contributed by atoms with Crippen molar-refractivity contribution >= 4 is 11.8 Å². The van der Waals surface area contributed by atoms with Gasteiger partial charge in [0, 0.05) is 10.4 Å². The Kier molecular flexibility index (Phi) is 2.79. The van der Waals surface area contributed by atoms with Crippen LogP contribution in [0.1, 0.15) is 19.3 Å². The van der Waals surface area contributed by atoms with Crippen LogP contribution in [0.25, 0.3) is 0 Å². The SMILES string of the molecule is NC1(CCSc2ccc(F)cc2)CC1. The molecular formula is C11H14FNS.